The van der Waals surface area contributed by atoms with E-state index in [-0.39, 0.29) is 11.9 Å². The second-order valence-electron chi connectivity index (χ2n) is 7.39. The summed E-state index contributed by atoms with van der Waals surface area (Å²) in [4.78, 5) is 15.3. The number of carbonyl (C=O) groups excluding carboxylic acids is 1. The fourth-order valence-electron chi connectivity index (χ4n) is 3.81. The van der Waals surface area contributed by atoms with E-state index >= 15 is 0 Å². The minimum absolute atomic E-state index is 0.0201. The third kappa shape index (κ3) is 4.68. The van der Waals surface area contributed by atoms with E-state index in [2.05, 4.69) is 4.90 Å². The number of methoxy groups -OCH3 is 1. The highest BCUT2D eigenvalue weighted by atomic mass is 32.2. The van der Waals surface area contributed by atoms with Crippen LogP contribution < -0.4 is 4.74 Å². The largest absolute Gasteiger partial charge is 0.497 e. The van der Waals surface area contributed by atoms with Crippen molar-refractivity contribution in [2.75, 3.05) is 26.0 Å². The Morgan fingerprint density at radius 3 is 2.50 bits per heavy atom. The minimum atomic E-state index is -0.125. The zero-order valence-electron chi connectivity index (χ0n) is 17.0. The average Bonchev–Trinajstić information content (AvgIpc) is 3.48. The van der Waals surface area contributed by atoms with Gasteiger partial charge in [0.05, 0.1) is 24.6 Å². The topological polar surface area (TPSA) is 45.1 Å². The van der Waals surface area contributed by atoms with Gasteiger partial charge in [0.1, 0.15) is 10.1 Å². The van der Waals surface area contributed by atoms with Crippen molar-refractivity contribution >= 4 is 39.9 Å². The van der Waals surface area contributed by atoms with E-state index < -0.39 is 0 Å². The van der Waals surface area contributed by atoms with Crippen molar-refractivity contribution in [3.63, 3.8) is 0 Å². The molecule has 0 radical (unpaired) electrons. The number of hydrogen-bond donors (Lipinski definition) is 0. The van der Waals surface area contributed by atoms with Crippen LogP contribution in [0.2, 0.25) is 0 Å². The van der Waals surface area contributed by atoms with Crippen molar-refractivity contribution < 1.29 is 9.53 Å². The fraction of sp³-hybridized carbons (Fsp3) is 0.348. The van der Waals surface area contributed by atoms with Gasteiger partial charge in [0.25, 0.3) is 5.91 Å². The van der Waals surface area contributed by atoms with E-state index in [1.807, 2.05) is 54.6 Å². The Labute approximate surface area is 187 Å². The Balaban J connectivity index is 1.52. The van der Waals surface area contributed by atoms with E-state index in [0.29, 0.717) is 12.2 Å². The molecule has 0 saturated carbocycles. The number of thiocarbonyl (C=S) groups is 1. The molecule has 2 heterocycles. The lowest BCUT2D eigenvalue weighted by Gasteiger charge is -2.23. The molecule has 4 rings (SSSR count). The number of benzene rings is 2. The molecule has 1 atom stereocenters. The van der Waals surface area contributed by atoms with Crippen LogP contribution in [0.5, 0.6) is 5.75 Å². The van der Waals surface area contributed by atoms with Crippen LogP contribution in [0.4, 0.5) is 0 Å². The first-order valence-corrected chi connectivity index (χ1v) is 11.6. The minimum Gasteiger partial charge on any atom is -0.497 e. The summed E-state index contributed by atoms with van der Waals surface area (Å²) in [6, 6.07) is 17.8. The van der Waals surface area contributed by atoms with Gasteiger partial charge in [-0.05, 0) is 36.1 Å². The van der Waals surface area contributed by atoms with Crippen molar-refractivity contribution in [1.29, 1.82) is 0 Å². The maximum absolute atomic E-state index is 13.1. The molecule has 1 fully saturated rings. The van der Waals surface area contributed by atoms with Gasteiger partial charge in [-0.15, -0.1) is 0 Å². The first kappa shape index (κ1) is 20.9. The Morgan fingerprint density at radius 1 is 1.13 bits per heavy atom. The molecule has 2 aromatic carbocycles. The summed E-state index contributed by atoms with van der Waals surface area (Å²) in [5.41, 5.74) is 3.02. The van der Waals surface area contributed by atoms with Crippen LogP contribution in [0.25, 0.3) is 0 Å². The van der Waals surface area contributed by atoms with E-state index in [0.717, 1.165) is 40.0 Å². The van der Waals surface area contributed by atoms with Crippen molar-refractivity contribution in [2.24, 2.45) is 5.10 Å². The predicted octanol–water partition coefficient (Wildman–Crippen LogP) is 4.49. The Kier molecular flexibility index (Phi) is 6.69. The molecule has 0 bridgehead atoms. The molecule has 1 amide bonds. The van der Waals surface area contributed by atoms with Crippen LogP contribution >= 0.6 is 24.0 Å². The highest BCUT2D eigenvalue weighted by molar-refractivity contribution is 8.23. The number of hydrazone groups is 1. The van der Waals surface area contributed by atoms with Gasteiger partial charge in [0.2, 0.25) is 0 Å². The molecule has 0 aliphatic carbocycles. The number of thioether (sulfide) groups is 1. The van der Waals surface area contributed by atoms with Gasteiger partial charge in [0, 0.05) is 19.5 Å². The smallest absolute Gasteiger partial charge is 0.253 e. The summed E-state index contributed by atoms with van der Waals surface area (Å²) in [6.45, 7) is 1.99. The Bertz CT molecular complexity index is 925. The quantitative estimate of drug-likeness (QED) is 0.643. The lowest BCUT2D eigenvalue weighted by Crippen LogP contribution is -2.30. The summed E-state index contributed by atoms with van der Waals surface area (Å²) >= 11 is 6.97. The Morgan fingerprint density at radius 2 is 1.83 bits per heavy atom. The number of rotatable bonds is 5. The van der Waals surface area contributed by atoms with Gasteiger partial charge in [-0.25, -0.2) is 5.01 Å². The van der Waals surface area contributed by atoms with E-state index in [1.165, 1.54) is 24.6 Å². The number of carbonyl (C=O) groups is 1. The summed E-state index contributed by atoms with van der Waals surface area (Å²) < 4.78 is 6.09. The molecular weight excluding hydrogens is 414 g/mol. The molecule has 0 spiro atoms. The second-order valence-corrected chi connectivity index (χ2v) is 9.00. The van der Waals surface area contributed by atoms with Gasteiger partial charge in [0.15, 0.2) is 0 Å². The van der Waals surface area contributed by atoms with Crippen LogP contribution in [0.15, 0.2) is 59.7 Å². The normalized spacial score (nSPS) is 18.4. The molecule has 5 nitrogen and oxygen atoms in total. The van der Waals surface area contributed by atoms with E-state index in [9.17, 15) is 4.79 Å². The zero-order chi connectivity index (χ0) is 20.9. The van der Waals surface area contributed by atoms with Crippen molar-refractivity contribution in [2.45, 2.75) is 25.3 Å². The van der Waals surface area contributed by atoms with Crippen LogP contribution in [0.3, 0.4) is 0 Å². The van der Waals surface area contributed by atoms with Crippen LogP contribution in [0, 0.1) is 0 Å². The lowest BCUT2D eigenvalue weighted by molar-refractivity contribution is -0.130. The van der Waals surface area contributed by atoms with Crippen LogP contribution in [-0.2, 0) is 4.79 Å². The van der Waals surface area contributed by atoms with Gasteiger partial charge >= 0.3 is 0 Å². The molecule has 156 valence electrons. The predicted molar refractivity (Wildman–Crippen MR) is 126 cm³/mol. The number of ether oxygens (including phenoxy) is 1. The SMILES string of the molecule is COc1ccc([C@@H]2CC(c3ccccc3)=NN2C(=O)CSC(=S)N2CCCC2)cc1. The molecule has 0 unspecified atom stereocenters. The van der Waals surface area contributed by atoms with Gasteiger partial charge in [-0.1, -0.05) is 66.4 Å². The van der Waals surface area contributed by atoms with Gasteiger partial charge in [-0.2, -0.15) is 5.10 Å². The first-order chi connectivity index (χ1) is 14.7. The number of nitrogens with zero attached hydrogens (tertiary/aromatic N) is 3. The summed E-state index contributed by atoms with van der Waals surface area (Å²) in [6.07, 6.45) is 3.03. The van der Waals surface area contributed by atoms with E-state index in [1.54, 1.807) is 12.1 Å². The average molecular weight is 440 g/mol. The number of likely N-dealkylation sites (tertiary alicyclic amines) is 1. The summed E-state index contributed by atoms with van der Waals surface area (Å²) in [5, 5.41) is 6.38. The zero-order valence-corrected chi connectivity index (χ0v) is 18.6. The fourth-order valence-corrected chi connectivity index (χ4v) is 4.92. The Hall–Kier alpha value is -2.38. The standard InChI is InChI=1S/C23H25N3O2S2/c1-28-19-11-9-18(10-12-19)21-15-20(17-7-3-2-4-8-17)24-26(21)22(27)16-30-23(29)25-13-5-6-14-25/h2-4,7-12,21H,5-6,13-16H2,1H3/t21-/m0/s1. The maximum atomic E-state index is 13.1. The highest BCUT2D eigenvalue weighted by Crippen LogP contribution is 2.34. The first-order valence-electron chi connectivity index (χ1n) is 10.2. The number of hydrogen-bond acceptors (Lipinski definition) is 5. The van der Waals surface area contributed by atoms with E-state index in [4.69, 9.17) is 22.1 Å². The molecule has 1 saturated heterocycles. The van der Waals surface area contributed by atoms with Crippen molar-refractivity contribution in [3.05, 3.63) is 65.7 Å². The molecule has 2 aliphatic rings. The van der Waals surface area contributed by atoms with Crippen molar-refractivity contribution in [1.82, 2.24) is 9.91 Å². The maximum Gasteiger partial charge on any atom is 0.253 e. The third-order valence-corrected chi connectivity index (χ3v) is 6.97. The third-order valence-electron chi connectivity index (χ3n) is 5.46. The molecule has 30 heavy (non-hydrogen) atoms. The van der Waals surface area contributed by atoms with Gasteiger partial charge < -0.3 is 9.64 Å². The molecule has 7 heteroatoms. The molecule has 2 aromatic rings. The van der Waals surface area contributed by atoms with Crippen LogP contribution in [-0.4, -0.2) is 51.8 Å². The summed E-state index contributed by atoms with van der Waals surface area (Å²) in [7, 11) is 1.65. The molecule has 2 aliphatic heterocycles. The second kappa shape index (κ2) is 9.62. The molecular formula is C23H25N3O2S2. The lowest BCUT2D eigenvalue weighted by atomic mass is 9.98. The van der Waals surface area contributed by atoms with Crippen LogP contribution in [0.1, 0.15) is 36.4 Å². The van der Waals surface area contributed by atoms with Crippen molar-refractivity contribution in [3.8, 4) is 5.75 Å². The highest BCUT2D eigenvalue weighted by Gasteiger charge is 2.33. The molecule has 0 aromatic heterocycles. The number of amides is 1. The monoisotopic (exact) mass is 439 g/mol. The summed E-state index contributed by atoms with van der Waals surface area (Å²) in [5.74, 6) is 1.08. The van der Waals surface area contributed by atoms with Gasteiger partial charge in [-0.3, -0.25) is 4.79 Å². The molecule has 0 N–H and O–H groups in total.